The second-order valence-electron chi connectivity index (χ2n) is 5.82. The number of likely N-dealkylation sites (tertiary alicyclic amines) is 1. The summed E-state index contributed by atoms with van der Waals surface area (Å²) in [5.74, 6) is -0.0177. The van der Waals surface area contributed by atoms with Crippen molar-refractivity contribution in [1.29, 1.82) is 0 Å². The van der Waals surface area contributed by atoms with E-state index in [1.54, 1.807) is 29.2 Å². The minimum atomic E-state index is -1.05. The van der Waals surface area contributed by atoms with Crippen molar-refractivity contribution in [1.82, 2.24) is 10.2 Å². The molecular weight excluding hydrogens is 268 g/mol. The quantitative estimate of drug-likeness (QED) is 0.898. The van der Waals surface area contributed by atoms with Gasteiger partial charge in [0.05, 0.1) is 0 Å². The van der Waals surface area contributed by atoms with E-state index in [0.717, 1.165) is 6.42 Å². The number of urea groups is 1. The fourth-order valence-corrected chi connectivity index (χ4v) is 2.60. The van der Waals surface area contributed by atoms with Gasteiger partial charge in [-0.05, 0) is 23.8 Å². The topological polar surface area (TPSA) is 69.6 Å². The number of benzene rings is 1. The maximum absolute atomic E-state index is 12.3. The van der Waals surface area contributed by atoms with E-state index in [2.05, 4.69) is 19.2 Å². The van der Waals surface area contributed by atoms with Crippen LogP contribution in [0.2, 0.25) is 0 Å². The third kappa shape index (κ3) is 3.74. The number of piperidine rings is 1. The van der Waals surface area contributed by atoms with E-state index in [1.807, 2.05) is 6.07 Å². The first-order chi connectivity index (χ1) is 9.99. The monoisotopic (exact) mass is 290 g/mol. The van der Waals surface area contributed by atoms with Gasteiger partial charge in [-0.25, -0.2) is 9.59 Å². The van der Waals surface area contributed by atoms with E-state index < -0.39 is 12.0 Å². The van der Waals surface area contributed by atoms with Gasteiger partial charge in [0.25, 0.3) is 0 Å². The van der Waals surface area contributed by atoms with Crippen molar-refractivity contribution in [3.8, 4) is 0 Å². The number of carbonyl (C=O) groups is 2. The smallest absolute Gasteiger partial charge is 0.330 e. The highest BCUT2D eigenvalue weighted by molar-refractivity contribution is 5.83. The molecular formula is C16H22N2O3. The molecule has 0 bridgehead atoms. The molecule has 1 aromatic carbocycles. The van der Waals surface area contributed by atoms with E-state index in [1.165, 1.54) is 0 Å². The lowest BCUT2D eigenvalue weighted by Gasteiger charge is -2.35. The Morgan fingerprint density at radius 1 is 1.24 bits per heavy atom. The summed E-state index contributed by atoms with van der Waals surface area (Å²) in [7, 11) is 0. The van der Waals surface area contributed by atoms with Gasteiger partial charge in [-0.15, -0.1) is 0 Å². The highest BCUT2D eigenvalue weighted by atomic mass is 16.4. The fraction of sp³-hybridized carbons (Fsp3) is 0.500. The van der Waals surface area contributed by atoms with E-state index in [0.29, 0.717) is 30.5 Å². The van der Waals surface area contributed by atoms with Gasteiger partial charge in [0.15, 0.2) is 6.04 Å². The molecule has 0 radical (unpaired) electrons. The molecule has 21 heavy (non-hydrogen) atoms. The molecule has 1 fully saturated rings. The second-order valence-corrected chi connectivity index (χ2v) is 5.82. The molecule has 5 heteroatoms. The van der Waals surface area contributed by atoms with Gasteiger partial charge in [0.1, 0.15) is 0 Å². The number of aliphatic carboxylic acids is 1. The lowest BCUT2D eigenvalue weighted by molar-refractivity contribution is -0.139. The summed E-state index contributed by atoms with van der Waals surface area (Å²) in [6, 6.07) is 7.46. The summed E-state index contributed by atoms with van der Waals surface area (Å²) in [6.45, 7) is 5.66. The predicted octanol–water partition coefficient (Wildman–Crippen LogP) is 2.50. The van der Waals surface area contributed by atoms with Gasteiger partial charge in [0.2, 0.25) is 0 Å². The molecule has 5 nitrogen and oxygen atoms in total. The maximum atomic E-state index is 12.3. The number of carboxylic acids is 1. The number of carbonyl (C=O) groups excluding carboxylic acids is 1. The highest BCUT2D eigenvalue weighted by Crippen LogP contribution is 2.23. The van der Waals surface area contributed by atoms with Crippen LogP contribution in [0.25, 0.3) is 0 Å². The maximum Gasteiger partial charge on any atom is 0.330 e. The summed E-state index contributed by atoms with van der Waals surface area (Å²) in [5.41, 5.74) is 0.580. The van der Waals surface area contributed by atoms with Crippen molar-refractivity contribution in [3.63, 3.8) is 0 Å². The van der Waals surface area contributed by atoms with Crippen LogP contribution in [0, 0.1) is 11.8 Å². The third-order valence-electron chi connectivity index (χ3n) is 4.27. The van der Waals surface area contributed by atoms with Crippen molar-refractivity contribution in [2.45, 2.75) is 26.3 Å². The lowest BCUT2D eigenvalue weighted by Crippen LogP contribution is -2.49. The zero-order chi connectivity index (χ0) is 15.4. The van der Waals surface area contributed by atoms with Gasteiger partial charge in [0, 0.05) is 13.1 Å². The molecule has 1 aliphatic heterocycles. The van der Waals surface area contributed by atoms with E-state index in [4.69, 9.17) is 0 Å². The molecule has 3 atom stereocenters. The van der Waals surface area contributed by atoms with Crippen molar-refractivity contribution in [2.24, 2.45) is 11.8 Å². The van der Waals surface area contributed by atoms with Crippen LogP contribution < -0.4 is 5.32 Å². The number of nitrogens with one attached hydrogen (secondary N) is 1. The van der Waals surface area contributed by atoms with Crippen LogP contribution >= 0.6 is 0 Å². The number of nitrogens with zero attached hydrogens (tertiary/aromatic N) is 1. The zero-order valence-electron chi connectivity index (χ0n) is 12.5. The largest absolute Gasteiger partial charge is 0.479 e. The summed E-state index contributed by atoms with van der Waals surface area (Å²) >= 11 is 0. The van der Waals surface area contributed by atoms with Gasteiger partial charge >= 0.3 is 12.0 Å². The molecule has 2 N–H and O–H groups in total. The average Bonchev–Trinajstić information content (AvgIpc) is 2.48. The van der Waals surface area contributed by atoms with Crippen LogP contribution in [0.5, 0.6) is 0 Å². The first-order valence-corrected chi connectivity index (χ1v) is 7.32. The van der Waals surface area contributed by atoms with Crippen LogP contribution in [-0.2, 0) is 4.79 Å². The zero-order valence-corrected chi connectivity index (χ0v) is 12.5. The molecule has 1 heterocycles. The Labute approximate surface area is 125 Å². The Bertz CT molecular complexity index is 504. The number of carboxylic acid groups (broad SMARTS) is 1. The molecule has 0 saturated carbocycles. The van der Waals surface area contributed by atoms with Gasteiger partial charge < -0.3 is 15.3 Å². The van der Waals surface area contributed by atoms with Crippen molar-refractivity contribution >= 4 is 12.0 Å². The molecule has 114 valence electrons. The molecule has 1 saturated heterocycles. The van der Waals surface area contributed by atoms with Gasteiger partial charge in [-0.3, -0.25) is 0 Å². The minimum absolute atomic E-state index is 0.301. The summed E-state index contributed by atoms with van der Waals surface area (Å²) in [5, 5.41) is 12.0. The Morgan fingerprint density at radius 2 is 1.90 bits per heavy atom. The number of hydrogen-bond donors (Lipinski definition) is 2. The van der Waals surface area contributed by atoms with Gasteiger partial charge in [-0.2, -0.15) is 0 Å². The van der Waals surface area contributed by atoms with Gasteiger partial charge in [-0.1, -0.05) is 44.2 Å². The van der Waals surface area contributed by atoms with E-state index >= 15 is 0 Å². The molecule has 1 aliphatic rings. The Kier molecular flexibility index (Phi) is 4.83. The highest BCUT2D eigenvalue weighted by Gasteiger charge is 2.29. The second kappa shape index (κ2) is 6.61. The first kappa shape index (κ1) is 15.4. The Balaban J connectivity index is 2.04. The normalized spacial score (nSPS) is 23.4. The summed E-state index contributed by atoms with van der Waals surface area (Å²) < 4.78 is 0. The molecule has 2 unspecified atom stereocenters. The molecule has 2 amide bonds. The van der Waals surface area contributed by atoms with Crippen LogP contribution in [0.3, 0.4) is 0 Å². The minimum Gasteiger partial charge on any atom is -0.479 e. The van der Waals surface area contributed by atoms with Crippen molar-refractivity contribution in [2.75, 3.05) is 13.1 Å². The molecule has 2 rings (SSSR count). The predicted molar refractivity (Wildman–Crippen MR) is 79.9 cm³/mol. The molecule has 0 aliphatic carbocycles. The van der Waals surface area contributed by atoms with Crippen LogP contribution in [-0.4, -0.2) is 35.1 Å². The SMILES string of the molecule is CC1CCN(C(=O)N[C@@H](C(=O)O)c2ccccc2)CC1C. The van der Waals surface area contributed by atoms with Crippen LogP contribution in [0.1, 0.15) is 31.9 Å². The fourth-order valence-electron chi connectivity index (χ4n) is 2.60. The third-order valence-corrected chi connectivity index (χ3v) is 4.27. The Morgan fingerprint density at radius 3 is 2.48 bits per heavy atom. The van der Waals surface area contributed by atoms with E-state index in [-0.39, 0.29) is 6.03 Å². The van der Waals surface area contributed by atoms with E-state index in [9.17, 15) is 14.7 Å². The number of rotatable bonds is 3. The average molecular weight is 290 g/mol. The summed E-state index contributed by atoms with van der Waals surface area (Å²) in [4.78, 5) is 25.4. The van der Waals surface area contributed by atoms with Crippen molar-refractivity contribution < 1.29 is 14.7 Å². The Hall–Kier alpha value is -2.04. The lowest BCUT2D eigenvalue weighted by atomic mass is 9.89. The molecule has 1 aromatic rings. The number of amides is 2. The standard InChI is InChI=1S/C16H22N2O3/c1-11-8-9-18(10-12(11)2)16(21)17-14(15(19)20)13-6-4-3-5-7-13/h3-7,11-12,14H,8-10H2,1-2H3,(H,17,21)(H,19,20)/t11?,12?,14-/m1/s1. The molecule has 0 aromatic heterocycles. The van der Waals surface area contributed by atoms with Crippen LogP contribution in [0.4, 0.5) is 4.79 Å². The summed E-state index contributed by atoms with van der Waals surface area (Å²) in [6.07, 6.45) is 0.956. The van der Waals surface area contributed by atoms with Crippen molar-refractivity contribution in [3.05, 3.63) is 35.9 Å². The number of hydrogen-bond acceptors (Lipinski definition) is 2. The first-order valence-electron chi connectivity index (χ1n) is 7.32. The van der Waals surface area contributed by atoms with Crippen LogP contribution in [0.15, 0.2) is 30.3 Å². The molecule has 0 spiro atoms.